The third-order valence-corrected chi connectivity index (χ3v) is 6.52. The number of rotatable bonds is 6. The average Bonchev–Trinajstić information content (AvgIpc) is 3.18. The molecule has 1 aliphatic heterocycles. The van der Waals surface area contributed by atoms with E-state index in [1.165, 1.54) is 0 Å². The van der Waals surface area contributed by atoms with Gasteiger partial charge in [0.15, 0.2) is 0 Å². The Morgan fingerprint density at radius 2 is 1.65 bits per heavy atom. The minimum absolute atomic E-state index is 0.0185. The molecule has 0 aliphatic carbocycles. The molecular weight excluding hydrogens is 348 g/mol. The predicted octanol–water partition coefficient (Wildman–Crippen LogP) is 3.10. The van der Waals surface area contributed by atoms with E-state index < -0.39 is 10.0 Å². The summed E-state index contributed by atoms with van der Waals surface area (Å²) in [6.07, 6.45) is 1.86. The minimum atomic E-state index is -3.27. The summed E-state index contributed by atoms with van der Waals surface area (Å²) in [4.78, 5) is 12.4. The molecule has 0 aromatic heterocycles. The lowest BCUT2D eigenvalue weighted by Gasteiger charge is -2.16. The van der Waals surface area contributed by atoms with Crippen LogP contribution in [0.2, 0.25) is 0 Å². The zero-order valence-electron chi connectivity index (χ0n) is 14.9. The average molecular weight is 372 g/mol. The first-order valence-electron chi connectivity index (χ1n) is 8.88. The summed E-state index contributed by atoms with van der Waals surface area (Å²) in [5.74, 6) is -0.190. The van der Waals surface area contributed by atoms with E-state index in [2.05, 4.69) is 5.32 Å². The van der Waals surface area contributed by atoms with Crippen LogP contribution in [0.4, 0.5) is 0 Å². The van der Waals surface area contributed by atoms with Crippen LogP contribution in [0.15, 0.2) is 54.6 Å². The quantitative estimate of drug-likeness (QED) is 0.847. The van der Waals surface area contributed by atoms with Gasteiger partial charge in [0.1, 0.15) is 0 Å². The number of hydrogen-bond donors (Lipinski definition) is 1. The maximum Gasteiger partial charge on any atom is 0.251 e. The van der Waals surface area contributed by atoms with Crippen LogP contribution >= 0.6 is 0 Å². The molecule has 0 bridgehead atoms. The molecule has 1 atom stereocenters. The topological polar surface area (TPSA) is 66.5 Å². The van der Waals surface area contributed by atoms with Gasteiger partial charge in [0.25, 0.3) is 5.91 Å². The zero-order chi connectivity index (χ0) is 18.6. The maximum atomic E-state index is 12.4. The lowest BCUT2D eigenvalue weighted by molar-refractivity contribution is 0.0940. The number of carbonyl (C=O) groups excluding carboxylic acids is 1. The zero-order valence-corrected chi connectivity index (χ0v) is 15.7. The van der Waals surface area contributed by atoms with E-state index in [1.54, 1.807) is 28.6 Å². The molecule has 3 rings (SSSR count). The highest BCUT2D eigenvalue weighted by atomic mass is 32.2. The van der Waals surface area contributed by atoms with Crippen LogP contribution in [0.3, 0.4) is 0 Å². The molecule has 2 aromatic rings. The molecule has 2 aromatic carbocycles. The first kappa shape index (κ1) is 18.6. The Labute approximate surface area is 155 Å². The summed E-state index contributed by atoms with van der Waals surface area (Å²) < 4.78 is 26.3. The molecule has 1 N–H and O–H groups in total. The molecule has 1 aliphatic rings. The van der Waals surface area contributed by atoms with E-state index in [4.69, 9.17) is 0 Å². The summed E-state index contributed by atoms with van der Waals surface area (Å²) in [5.41, 5.74) is 2.26. The van der Waals surface area contributed by atoms with E-state index in [9.17, 15) is 13.2 Å². The molecule has 5 nitrogen and oxygen atoms in total. The maximum absolute atomic E-state index is 12.4. The van der Waals surface area contributed by atoms with Crippen molar-refractivity contribution in [2.24, 2.45) is 0 Å². The second-order valence-corrected chi connectivity index (χ2v) is 8.63. The van der Waals surface area contributed by atoms with Crippen LogP contribution in [0.1, 0.15) is 47.3 Å². The number of sulfonamides is 1. The third-order valence-electron chi connectivity index (χ3n) is 4.67. The van der Waals surface area contributed by atoms with E-state index in [-0.39, 0.29) is 17.7 Å². The molecule has 26 heavy (non-hydrogen) atoms. The Hall–Kier alpha value is -2.18. The van der Waals surface area contributed by atoms with E-state index >= 15 is 0 Å². The Morgan fingerprint density at radius 1 is 1.04 bits per heavy atom. The SMILES string of the molecule is C[C@@H](NC(=O)c1ccc(CS(=O)(=O)N2CCCC2)cc1)c1ccccc1. The van der Waals surface area contributed by atoms with Crippen LogP contribution in [0.5, 0.6) is 0 Å². The van der Waals surface area contributed by atoms with Gasteiger partial charge in [-0.15, -0.1) is 0 Å². The standard InChI is InChI=1S/C20H24N2O3S/c1-16(18-7-3-2-4-8-18)21-20(23)19-11-9-17(10-12-19)15-26(24,25)22-13-5-6-14-22/h2-4,7-12,16H,5-6,13-15H2,1H3,(H,21,23)/t16-/m1/s1. The highest BCUT2D eigenvalue weighted by Crippen LogP contribution is 2.18. The second-order valence-electron chi connectivity index (χ2n) is 6.67. The Bertz CT molecular complexity index is 842. The van der Waals surface area contributed by atoms with Crippen molar-refractivity contribution in [3.63, 3.8) is 0 Å². The highest BCUT2D eigenvalue weighted by Gasteiger charge is 2.25. The lowest BCUT2D eigenvalue weighted by atomic mass is 10.1. The summed E-state index contributed by atoms with van der Waals surface area (Å²) in [6.45, 7) is 3.16. The fourth-order valence-electron chi connectivity index (χ4n) is 3.13. The number of amides is 1. The number of carbonyl (C=O) groups is 1. The molecule has 6 heteroatoms. The summed E-state index contributed by atoms with van der Waals surface area (Å²) >= 11 is 0. The molecule has 138 valence electrons. The van der Waals surface area contributed by atoms with Crippen molar-refractivity contribution in [3.05, 3.63) is 71.3 Å². The molecule has 1 saturated heterocycles. The van der Waals surface area contributed by atoms with Crippen molar-refractivity contribution < 1.29 is 13.2 Å². The van der Waals surface area contributed by atoms with Gasteiger partial charge in [-0.05, 0) is 43.0 Å². The second kappa shape index (κ2) is 8.01. The van der Waals surface area contributed by atoms with E-state index in [1.807, 2.05) is 37.3 Å². The van der Waals surface area contributed by atoms with Crippen molar-refractivity contribution in [1.29, 1.82) is 0 Å². The van der Waals surface area contributed by atoms with Gasteiger partial charge in [-0.3, -0.25) is 4.79 Å². The number of benzene rings is 2. The van der Waals surface area contributed by atoms with Crippen molar-refractivity contribution in [2.75, 3.05) is 13.1 Å². The fraction of sp³-hybridized carbons (Fsp3) is 0.350. The third kappa shape index (κ3) is 4.51. The summed E-state index contributed by atoms with van der Waals surface area (Å²) in [7, 11) is -3.27. The molecule has 1 fully saturated rings. The predicted molar refractivity (Wildman–Crippen MR) is 102 cm³/mol. The van der Waals surface area contributed by atoms with Crippen molar-refractivity contribution in [1.82, 2.24) is 9.62 Å². The van der Waals surface area contributed by atoms with Crippen LogP contribution in [0.25, 0.3) is 0 Å². The van der Waals surface area contributed by atoms with Gasteiger partial charge < -0.3 is 5.32 Å². The molecule has 0 spiro atoms. The molecule has 0 saturated carbocycles. The Kier molecular flexibility index (Phi) is 5.74. The van der Waals surface area contributed by atoms with Crippen LogP contribution in [-0.4, -0.2) is 31.7 Å². The highest BCUT2D eigenvalue weighted by molar-refractivity contribution is 7.88. The van der Waals surface area contributed by atoms with Gasteiger partial charge in [0, 0.05) is 18.7 Å². The Morgan fingerprint density at radius 3 is 2.27 bits per heavy atom. The van der Waals surface area contributed by atoms with Crippen molar-refractivity contribution >= 4 is 15.9 Å². The summed E-state index contributed by atoms with van der Waals surface area (Å²) in [6, 6.07) is 16.5. The molecule has 1 amide bonds. The minimum Gasteiger partial charge on any atom is -0.346 e. The first-order chi connectivity index (χ1) is 12.5. The van der Waals surface area contributed by atoms with Gasteiger partial charge in [0.05, 0.1) is 11.8 Å². The van der Waals surface area contributed by atoms with Gasteiger partial charge in [-0.25, -0.2) is 12.7 Å². The number of hydrogen-bond acceptors (Lipinski definition) is 3. The number of nitrogens with zero attached hydrogens (tertiary/aromatic N) is 1. The molecule has 0 radical (unpaired) electrons. The van der Waals surface area contributed by atoms with Crippen molar-refractivity contribution in [3.8, 4) is 0 Å². The molecular formula is C20H24N2O3S. The normalized spacial score (nSPS) is 16.3. The van der Waals surface area contributed by atoms with Crippen LogP contribution in [-0.2, 0) is 15.8 Å². The van der Waals surface area contributed by atoms with E-state index in [0.29, 0.717) is 24.2 Å². The van der Waals surface area contributed by atoms with Gasteiger partial charge >= 0.3 is 0 Å². The number of nitrogens with one attached hydrogen (secondary N) is 1. The van der Waals surface area contributed by atoms with Gasteiger partial charge in [-0.2, -0.15) is 0 Å². The molecule has 0 unspecified atom stereocenters. The van der Waals surface area contributed by atoms with Gasteiger partial charge in [0.2, 0.25) is 10.0 Å². The fourth-order valence-corrected chi connectivity index (χ4v) is 4.74. The lowest BCUT2D eigenvalue weighted by Crippen LogP contribution is -2.29. The van der Waals surface area contributed by atoms with Gasteiger partial charge in [-0.1, -0.05) is 42.5 Å². The molecule has 1 heterocycles. The monoisotopic (exact) mass is 372 g/mol. The van der Waals surface area contributed by atoms with Crippen molar-refractivity contribution in [2.45, 2.75) is 31.6 Å². The Balaban J connectivity index is 1.62. The van der Waals surface area contributed by atoms with Crippen LogP contribution in [0, 0.1) is 0 Å². The van der Waals surface area contributed by atoms with E-state index in [0.717, 1.165) is 18.4 Å². The summed E-state index contributed by atoms with van der Waals surface area (Å²) in [5, 5.41) is 2.96. The smallest absolute Gasteiger partial charge is 0.251 e. The van der Waals surface area contributed by atoms with Crippen LogP contribution < -0.4 is 5.32 Å². The first-order valence-corrected chi connectivity index (χ1v) is 10.5. The largest absolute Gasteiger partial charge is 0.346 e.